The van der Waals surface area contributed by atoms with Crippen molar-refractivity contribution in [2.75, 3.05) is 12.3 Å². The summed E-state index contributed by atoms with van der Waals surface area (Å²) in [4.78, 5) is 39.8. The molecule has 0 aromatic carbocycles. The van der Waals surface area contributed by atoms with Gasteiger partial charge in [-0.1, -0.05) is 0 Å². The number of anilines is 1. The molecule has 0 saturated carbocycles. The van der Waals surface area contributed by atoms with Gasteiger partial charge in [0.25, 0.3) is 11.6 Å². The number of hydrogen-bond acceptors (Lipinski definition) is 7. The lowest BCUT2D eigenvalue weighted by Crippen LogP contribution is -2.20. The standard InChI is InChI=1S/C9H12N5O6P/c10-8-12-6-5(7(15)13-8)11-3-14(6)1-4-2-19-9(20-4)21(16,17)18/h3-4,9H,1-2H2,(H2,16,17,18)(H3,10,12,13,15)/t4-,9-/m0/s1. The van der Waals surface area contributed by atoms with Crippen LogP contribution in [0.3, 0.4) is 0 Å². The van der Waals surface area contributed by atoms with Crippen LogP contribution in [0.1, 0.15) is 0 Å². The lowest BCUT2D eigenvalue weighted by molar-refractivity contribution is -0.0146. The van der Waals surface area contributed by atoms with Crippen molar-refractivity contribution < 1.29 is 23.8 Å². The van der Waals surface area contributed by atoms with E-state index in [1.54, 1.807) is 0 Å². The van der Waals surface area contributed by atoms with Crippen molar-refractivity contribution in [1.29, 1.82) is 0 Å². The van der Waals surface area contributed by atoms with E-state index in [4.69, 9.17) is 25.0 Å². The molecule has 3 heterocycles. The third kappa shape index (κ3) is 2.69. The first kappa shape index (κ1) is 14.2. The lowest BCUT2D eigenvalue weighted by atomic mass is 10.4. The highest BCUT2D eigenvalue weighted by atomic mass is 31.2. The van der Waals surface area contributed by atoms with Crippen molar-refractivity contribution in [2.24, 2.45) is 0 Å². The van der Waals surface area contributed by atoms with E-state index in [1.807, 2.05) is 0 Å². The Balaban J connectivity index is 1.84. The van der Waals surface area contributed by atoms with Gasteiger partial charge in [0.05, 0.1) is 19.5 Å². The molecule has 21 heavy (non-hydrogen) atoms. The van der Waals surface area contributed by atoms with Gasteiger partial charge in [0, 0.05) is 0 Å². The van der Waals surface area contributed by atoms with Crippen LogP contribution < -0.4 is 11.3 Å². The third-order valence-electron chi connectivity index (χ3n) is 2.90. The fraction of sp³-hybridized carbons (Fsp3) is 0.444. The maximum atomic E-state index is 11.6. The summed E-state index contributed by atoms with van der Waals surface area (Å²) in [6.07, 6.45) is 0.780. The van der Waals surface area contributed by atoms with Gasteiger partial charge >= 0.3 is 7.60 Å². The highest BCUT2D eigenvalue weighted by molar-refractivity contribution is 7.52. The van der Waals surface area contributed by atoms with Gasteiger partial charge < -0.3 is 29.6 Å². The molecular weight excluding hydrogens is 305 g/mol. The van der Waals surface area contributed by atoms with E-state index >= 15 is 0 Å². The number of aromatic amines is 1. The fourth-order valence-corrected chi connectivity index (χ4v) is 2.64. The average molecular weight is 317 g/mol. The van der Waals surface area contributed by atoms with Crippen molar-refractivity contribution >= 4 is 24.7 Å². The fourth-order valence-electron chi connectivity index (χ4n) is 2.03. The average Bonchev–Trinajstić information content (AvgIpc) is 2.97. The van der Waals surface area contributed by atoms with E-state index < -0.39 is 25.3 Å². The summed E-state index contributed by atoms with van der Waals surface area (Å²) in [5.41, 5.74) is 5.39. The SMILES string of the molecule is Nc1nc2c(ncn2C[C@H]2CO[C@H](P(=O)(O)O)O2)c(=O)[nH]1. The topological polar surface area (TPSA) is 166 Å². The van der Waals surface area contributed by atoms with Crippen molar-refractivity contribution in [1.82, 2.24) is 19.5 Å². The predicted octanol–water partition coefficient (Wildman–Crippen LogP) is -1.42. The van der Waals surface area contributed by atoms with Crippen LogP contribution in [0.25, 0.3) is 11.2 Å². The van der Waals surface area contributed by atoms with E-state index in [-0.39, 0.29) is 30.3 Å². The summed E-state index contributed by atoms with van der Waals surface area (Å²) in [6.45, 7) is 0.178. The van der Waals surface area contributed by atoms with Crippen LogP contribution in [0.2, 0.25) is 0 Å². The Morgan fingerprint density at radius 1 is 1.57 bits per heavy atom. The van der Waals surface area contributed by atoms with Crippen LogP contribution in [0, 0.1) is 0 Å². The molecule has 3 rings (SSSR count). The van der Waals surface area contributed by atoms with Crippen LogP contribution in [0.5, 0.6) is 0 Å². The molecule has 0 aliphatic carbocycles. The number of rotatable bonds is 3. The van der Waals surface area contributed by atoms with Crippen LogP contribution >= 0.6 is 7.60 Å². The van der Waals surface area contributed by atoms with E-state index in [1.165, 1.54) is 10.9 Å². The molecule has 2 aromatic heterocycles. The van der Waals surface area contributed by atoms with E-state index in [9.17, 15) is 9.36 Å². The van der Waals surface area contributed by atoms with Gasteiger partial charge in [0.2, 0.25) is 5.95 Å². The highest BCUT2D eigenvalue weighted by Gasteiger charge is 2.39. The molecule has 0 spiro atoms. The first-order valence-corrected chi connectivity index (χ1v) is 7.55. The molecule has 2 aromatic rings. The van der Waals surface area contributed by atoms with Crippen LogP contribution in [0.15, 0.2) is 11.1 Å². The van der Waals surface area contributed by atoms with Crippen molar-refractivity contribution in [3.05, 3.63) is 16.7 Å². The number of nitrogens with zero attached hydrogens (tertiary/aromatic N) is 3. The summed E-state index contributed by atoms with van der Waals surface area (Å²) in [5, 5.41) is 0. The van der Waals surface area contributed by atoms with E-state index in [0.29, 0.717) is 0 Å². The normalized spacial score (nSPS) is 23.0. The molecule has 0 radical (unpaired) electrons. The number of nitrogen functional groups attached to an aromatic ring is 1. The van der Waals surface area contributed by atoms with Crippen molar-refractivity contribution in [2.45, 2.75) is 18.7 Å². The molecule has 114 valence electrons. The minimum Gasteiger partial charge on any atom is -0.369 e. The minimum absolute atomic E-state index is 0.00806. The molecule has 12 heteroatoms. The van der Waals surface area contributed by atoms with E-state index in [0.717, 1.165) is 0 Å². The minimum atomic E-state index is -4.46. The summed E-state index contributed by atoms with van der Waals surface area (Å²) in [7, 11) is -4.46. The number of fused-ring (bicyclic) bond motifs is 1. The number of nitrogens with two attached hydrogens (primary N) is 1. The smallest absolute Gasteiger partial charge is 0.369 e. The monoisotopic (exact) mass is 317 g/mol. The van der Waals surface area contributed by atoms with Gasteiger partial charge in [-0.3, -0.25) is 14.3 Å². The Morgan fingerprint density at radius 3 is 3.00 bits per heavy atom. The number of H-pyrrole nitrogens is 1. The Kier molecular flexibility index (Phi) is 3.30. The summed E-state index contributed by atoms with van der Waals surface area (Å²) >= 11 is 0. The zero-order chi connectivity index (χ0) is 15.2. The van der Waals surface area contributed by atoms with Crippen molar-refractivity contribution in [3.8, 4) is 0 Å². The molecule has 0 bridgehead atoms. The van der Waals surface area contributed by atoms with Gasteiger partial charge in [0.15, 0.2) is 11.2 Å². The number of nitrogens with one attached hydrogen (secondary N) is 1. The molecule has 1 aliphatic heterocycles. The van der Waals surface area contributed by atoms with Crippen LogP contribution in [-0.4, -0.2) is 48.0 Å². The second kappa shape index (κ2) is 4.90. The molecule has 1 saturated heterocycles. The van der Waals surface area contributed by atoms with Gasteiger partial charge in [-0.25, -0.2) is 4.98 Å². The first-order valence-electron chi connectivity index (χ1n) is 5.87. The number of hydrogen-bond donors (Lipinski definition) is 4. The lowest BCUT2D eigenvalue weighted by Gasteiger charge is -2.12. The van der Waals surface area contributed by atoms with Crippen LogP contribution in [0.4, 0.5) is 5.95 Å². The highest BCUT2D eigenvalue weighted by Crippen LogP contribution is 2.45. The second-order valence-corrected chi connectivity index (χ2v) is 6.11. The Labute approximate surface area is 116 Å². The zero-order valence-corrected chi connectivity index (χ0v) is 11.4. The maximum absolute atomic E-state index is 11.6. The maximum Gasteiger partial charge on any atom is 0.381 e. The van der Waals surface area contributed by atoms with Crippen molar-refractivity contribution in [3.63, 3.8) is 0 Å². The Morgan fingerprint density at radius 2 is 2.33 bits per heavy atom. The molecular formula is C9H12N5O6P. The van der Waals surface area contributed by atoms with Gasteiger partial charge in [-0.2, -0.15) is 4.98 Å². The van der Waals surface area contributed by atoms with Gasteiger partial charge in [-0.15, -0.1) is 0 Å². The Hall–Kier alpha value is -1.78. The summed E-state index contributed by atoms with van der Waals surface area (Å²) in [5.74, 6) is -0.0501. The second-order valence-electron chi connectivity index (χ2n) is 4.51. The van der Waals surface area contributed by atoms with Crippen LogP contribution in [-0.2, 0) is 20.6 Å². The predicted molar refractivity (Wildman–Crippen MR) is 69.2 cm³/mol. The summed E-state index contributed by atoms with van der Waals surface area (Å²) in [6, 6.07) is -1.57. The molecule has 5 N–H and O–H groups in total. The van der Waals surface area contributed by atoms with Gasteiger partial charge in [0.1, 0.15) is 6.10 Å². The molecule has 1 aliphatic rings. The quantitative estimate of drug-likeness (QED) is 0.497. The van der Waals surface area contributed by atoms with E-state index in [2.05, 4.69) is 15.0 Å². The first-order chi connectivity index (χ1) is 9.84. The molecule has 0 amide bonds. The van der Waals surface area contributed by atoms with Gasteiger partial charge in [-0.05, 0) is 0 Å². The Bertz CT molecular complexity index is 781. The largest absolute Gasteiger partial charge is 0.381 e. The zero-order valence-electron chi connectivity index (χ0n) is 10.5. The third-order valence-corrected chi connectivity index (χ3v) is 3.72. The molecule has 1 fully saturated rings. The molecule has 2 atom stereocenters. The molecule has 11 nitrogen and oxygen atoms in total. The molecule has 0 unspecified atom stereocenters. The number of aromatic nitrogens is 4. The number of ether oxygens (including phenoxy) is 2. The number of imidazole rings is 1. The summed E-state index contributed by atoms with van der Waals surface area (Å²) < 4.78 is 22.6.